The third-order valence-electron chi connectivity index (χ3n) is 7.57. The van der Waals surface area contributed by atoms with E-state index >= 15 is 0 Å². The molecule has 0 bridgehead atoms. The van der Waals surface area contributed by atoms with Gasteiger partial charge >= 0.3 is 0 Å². The number of aryl methyl sites for hydroxylation is 2. The number of nitrogens with zero attached hydrogens (tertiary/aromatic N) is 3. The number of carbonyl (C=O) groups is 2. The van der Waals surface area contributed by atoms with E-state index in [1.807, 2.05) is 23.1 Å². The first-order chi connectivity index (χ1) is 17.6. The number of fused-ring (bicyclic) bond motifs is 1. The maximum Gasteiger partial charge on any atom is 0.245 e. The number of aromatic nitrogens is 1. The number of hydrogen-bond acceptors (Lipinski definition) is 5. The summed E-state index contributed by atoms with van der Waals surface area (Å²) in [6, 6.07) is 7.70. The Morgan fingerprint density at radius 2 is 1.86 bits per heavy atom. The summed E-state index contributed by atoms with van der Waals surface area (Å²) in [6.45, 7) is 4.19. The third kappa shape index (κ3) is 6.15. The molecular formula is C26H38N6O4S. The lowest BCUT2D eigenvalue weighted by Gasteiger charge is -2.31. The molecule has 2 unspecified atom stereocenters. The minimum atomic E-state index is -3.36. The molecule has 202 valence electrons. The minimum absolute atomic E-state index is 0.0200. The molecule has 4 N–H and O–H groups in total. The van der Waals surface area contributed by atoms with E-state index in [2.05, 4.69) is 22.3 Å². The first-order valence-corrected chi connectivity index (χ1v) is 15.0. The van der Waals surface area contributed by atoms with Gasteiger partial charge in [0.15, 0.2) is 0 Å². The molecule has 2 aromatic rings. The Morgan fingerprint density at radius 1 is 1.14 bits per heavy atom. The number of likely N-dealkylation sites (tertiary alicyclic amines) is 2. The number of sulfonamides is 1. The molecule has 2 atom stereocenters. The van der Waals surface area contributed by atoms with Gasteiger partial charge in [0.2, 0.25) is 21.8 Å². The monoisotopic (exact) mass is 530 g/mol. The zero-order valence-corrected chi connectivity index (χ0v) is 22.5. The van der Waals surface area contributed by atoms with Crippen LogP contribution < -0.4 is 10.5 Å². The van der Waals surface area contributed by atoms with Crippen molar-refractivity contribution in [1.29, 1.82) is 5.41 Å². The largest absolute Gasteiger partial charge is 0.384 e. The molecule has 2 aliphatic heterocycles. The fourth-order valence-electron chi connectivity index (χ4n) is 5.80. The van der Waals surface area contributed by atoms with Gasteiger partial charge in [-0.15, -0.1) is 0 Å². The number of hydrogen-bond donors (Lipinski definition) is 3. The number of carbonyl (C=O) groups excluding carboxylic acids is 2. The Morgan fingerprint density at radius 3 is 2.57 bits per heavy atom. The van der Waals surface area contributed by atoms with Crippen molar-refractivity contribution in [3.63, 3.8) is 0 Å². The summed E-state index contributed by atoms with van der Waals surface area (Å²) >= 11 is 0. The van der Waals surface area contributed by atoms with Crippen LogP contribution in [0.2, 0.25) is 0 Å². The maximum atomic E-state index is 13.6. The molecule has 0 saturated carbocycles. The van der Waals surface area contributed by atoms with Crippen LogP contribution in [0.1, 0.15) is 56.7 Å². The number of nitrogens with one attached hydrogen (secondary N) is 2. The smallest absolute Gasteiger partial charge is 0.245 e. The molecule has 0 aliphatic carbocycles. The normalized spacial score (nSPS) is 20.2. The molecule has 2 amide bonds. The van der Waals surface area contributed by atoms with Crippen molar-refractivity contribution < 1.29 is 18.0 Å². The molecule has 0 radical (unpaired) electrons. The zero-order chi connectivity index (χ0) is 26.7. The lowest BCUT2D eigenvalue weighted by Crippen LogP contribution is -2.49. The average Bonchev–Trinajstić information content (AvgIpc) is 3.58. The Balaban J connectivity index is 1.41. The zero-order valence-electron chi connectivity index (χ0n) is 21.7. The summed E-state index contributed by atoms with van der Waals surface area (Å²) in [5.41, 5.74) is 8.67. The van der Waals surface area contributed by atoms with Crippen LogP contribution in [-0.2, 0) is 32.6 Å². The van der Waals surface area contributed by atoms with Crippen LogP contribution in [0.25, 0.3) is 10.9 Å². The number of benzene rings is 1. The number of rotatable bonds is 10. The summed E-state index contributed by atoms with van der Waals surface area (Å²) in [4.78, 5) is 29.9. The highest BCUT2D eigenvalue weighted by atomic mass is 32.2. The SMILES string of the molecule is CCn1c(CCC2CCCN2C(=O)C2CCCN2C(=O)CCNS(C)(=O)=O)cc2ccc(C(=N)N)cc21. The van der Waals surface area contributed by atoms with Gasteiger partial charge in [0.05, 0.1) is 6.26 Å². The average molecular weight is 531 g/mol. The Labute approximate surface area is 218 Å². The fourth-order valence-corrected chi connectivity index (χ4v) is 6.27. The first-order valence-electron chi connectivity index (χ1n) is 13.1. The lowest BCUT2D eigenvalue weighted by molar-refractivity contribution is -0.144. The molecule has 2 saturated heterocycles. The van der Waals surface area contributed by atoms with E-state index in [9.17, 15) is 18.0 Å². The van der Waals surface area contributed by atoms with Crippen LogP contribution in [0.15, 0.2) is 24.3 Å². The van der Waals surface area contributed by atoms with Gasteiger partial charge in [-0.25, -0.2) is 13.1 Å². The van der Waals surface area contributed by atoms with Crippen molar-refractivity contribution in [2.45, 2.75) is 70.5 Å². The van der Waals surface area contributed by atoms with Crippen LogP contribution >= 0.6 is 0 Å². The summed E-state index contributed by atoms with van der Waals surface area (Å²) in [7, 11) is -3.36. The Hall–Kier alpha value is -2.92. The number of amidine groups is 1. The molecule has 1 aromatic carbocycles. The highest BCUT2D eigenvalue weighted by Gasteiger charge is 2.39. The highest BCUT2D eigenvalue weighted by Crippen LogP contribution is 2.29. The molecule has 10 nitrogen and oxygen atoms in total. The maximum absolute atomic E-state index is 13.6. The summed E-state index contributed by atoms with van der Waals surface area (Å²) in [5, 5.41) is 8.87. The molecule has 11 heteroatoms. The van der Waals surface area contributed by atoms with E-state index in [-0.39, 0.29) is 36.7 Å². The van der Waals surface area contributed by atoms with Gasteiger partial charge in [-0.05, 0) is 63.0 Å². The summed E-state index contributed by atoms with van der Waals surface area (Å²) in [5.74, 6) is -0.106. The van der Waals surface area contributed by atoms with Gasteiger partial charge in [0.25, 0.3) is 0 Å². The molecule has 1 aromatic heterocycles. The van der Waals surface area contributed by atoms with Crippen molar-refractivity contribution in [2.24, 2.45) is 5.73 Å². The Kier molecular flexibility index (Phi) is 8.23. The van der Waals surface area contributed by atoms with Crippen molar-refractivity contribution in [2.75, 3.05) is 25.9 Å². The van der Waals surface area contributed by atoms with Crippen LogP contribution in [0, 0.1) is 5.41 Å². The molecular weight excluding hydrogens is 492 g/mol. The first kappa shape index (κ1) is 27.1. The second kappa shape index (κ2) is 11.2. The van der Waals surface area contributed by atoms with E-state index in [0.29, 0.717) is 25.1 Å². The topological polar surface area (TPSA) is 142 Å². The predicted molar refractivity (Wildman–Crippen MR) is 144 cm³/mol. The van der Waals surface area contributed by atoms with Gasteiger partial charge in [0, 0.05) is 55.4 Å². The minimum Gasteiger partial charge on any atom is -0.384 e. The van der Waals surface area contributed by atoms with Crippen molar-refractivity contribution >= 4 is 38.6 Å². The van der Waals surface area contributed by atoms with Crippen molar-refractivity contribution in [3.05, 3.63) is 35.5 Å². The van der Waals surface area contributed by atoms with Crippen LogP contribution in [0.3, 0.4) is 0 Å². The fraction of sp³-hybridized carbons (Fsp3) is 0.577. The molecule has 37 heavy (non-hydrogen) atoms. The van der Waals surface area contributed by atoms with Crippen molar-refractivity contribution in [1.82, 2.24) is 19.1 Å². The summed E-state index contributed by atoms with van der Waals surface area (Å²) < 4.78 is 27.2. The highest BCUT2D eigenvalue weighted by molar-refractivity contribution is 7.88. The molecule has 4 rings (SSSR count). The molecule has 3 heterocycles. The molecule has 2 fully saturated rings. The van der Waals surface area contributed by atoms with E-state index in [4.69, 9.17) is 11.1 Å². The van der Waals surface area contributed by atoms with E-state index in [1.165, 1.54) is 5.69 Å². The van der Waals surface area contributed by atoms with Crippen LogP contribution in [-0.4, -0.2) is 78.4 Å². The quantitative estimate of drug-likeness (QED) is 0.317. The van der Waals surface area contributed by atoms with Gasteiger partial charge < -0.3 is 20.1 Å². The van der Waals surface area contributed by atoms with E-state index < -0.39 is 16.1 Å². The third-order valence-corrected chi connectivity index (χ3v) is 8.30. The molecule has 0 spiro atoms. The Bertz CT molecular complexity index is 1290. The predicted octanol–water partition coefficient (Wildman–Crippen LogP) is 1.80. The second-order valence-corrected chi connectivity index (χ2v) is 11.9. The lowest BCUT2D eigenvalue weighted by atomic mass is 10.1. The molecule has 2 aliphatic rings. The van der Waals surface area contributed by atoms with E-state index in [0.717, 1.165) is 55.8 Å². The number of amides is 2. The van der Waals surface area contributed by atoms with Gasteiger partial charge in [-0.2, -0.15) is 0 Å². The van der Waals surface area contributed by atoms with Crippen LogP contribution in [0.5, 0.6) is 0 Å². The van der Waals surface area contributed by atoms with Gasteiger partial charge in [0.1, 0.15) is 11.9 Å². The van der Waals surface area contributed by atoms with Gasteiger partial charge in [-0.3, -0.25) is 15.0 Å². The van der Waals surface area contributed by atoms with Crippen LogP contribution in [0.4, 0.5) is 0 Å². The summed E-state index contributed by atoms with van der Waals surface area (Å²) in [6.07, 6.45) is 6.12. The number of nitrogen functional groups attached to an aromatic ring is 1. The standard InChI is InChI=1S/C26H38N6O4S/c1-3-30-21(16-18-8-9-19(25(27)28)17-23(18)30)11-10-20-6-4-14-31(20)26(34)22-7-5-15-32(22)24(33)12-13-29-37(2,35)36/h8-9,16-17,20,22,29H,3-7,10-15H2,1-2H3,(H3,27,28). The van der Waals surface area contributed by atoms with Crippen molar-refractivity contribution in [3.8, 4) is 0 Å². The van der Waals surface area contributed by atoms with Gasteiger partial charge in [-0.1, -0.05) is 12.1 Å². The number of nitrogens with two attached hydrogens (primary N) is 1. The van der Waals surface area contributed by atoms with E-state index in [1.54, 1.807) is 4.90 Å². The second-order valence-electron chi connectivity index (χ2n) is 10.1.